The zero-order valence-corrected chi connectivity index (χ0v) is 10.3. The number of H-pyrrole nitrogens is 1. The summed E-state index contributed by atoms with van der Waals surface area (Å²) in [7, 11) is 0. The van der Waals surface area contributed by atoms with Crippen LogP contribution in [0, 0.1) is 0 Å². The van der Waals surface area contributed by atoms with Crippen LogP contribution in [0.1, 0.15) is 19.3 Å². The quantitative estimate of drug-likeness (QED) is 0.809. The maximum Gasteiger partial charge on any atom is 0.226 e. The molecule has 2 aliphatic rings. The number of hydrogen-bond donors (Lipinski definition) is 2. The third-order valence-electron chi connectivity index (χ3n) is 3.69. The second-order valence-electron chi connectivity index (χ2n) is 4.80. The number of halogens is 1. The molecule has 0 amide bonds. The summed E-state index contributed by atoms with van der Waals surface area (Å²) in [6.45, 7) is 0. The van der Waals surface area contributed by atoms with Gasteiger partial charge in [-0.25, -0.2) is 4.98 Å². The predicted octanol–water partition coefficient (Wildman–Crippen LogP) is 1.74. The van der Waals surface area contributed by atoms with E-state index in [4.69, 9.17) is 16.3 Å². The highest BCUT2D eigenvalue weighted by Crippen LogP contribution is 2.36. The molecule has 94 valence electrons. The van der Waals surface area contributed by atoms with Crippen molar-refractivity contribution in [2.24, 2.45) is 0 Å². The first-order valence-electron chi connectivity index (χ1n) is 6.08. The lowest BCUT2D eigenvalue weighted by Crippen LogP contribution is -2.31. The molecule has 2 fully saturated rings. The molecule has 2 aromatic rings. The number of fused-ring (bicyclic) bond motifs is 3. The Hall–Kier alpha value is -1.40. The van der Waals surface area contributed by atoms with E-state index in [1.807, 2.05) is 0 Å². The first-order valence-corrected chi connectivity index (χ1v) is 6.46. The third kappa shape index (κ3) is 1.56. The van der Waals surface area contributed by atoms with E-state index in [-0.39, 0.29) is 5.28 Å². The Morgan fingerprint density at radius 1 is 1.39 bits per heavy atom. The average molecular weight is 266 g/mol. The number of aromatic nitrogens is 4. The number of rotatable bonds is 2. The van der Waals surface area contributed by atoms with E-state index in [0.29, 0.717) is 29.7 Å². The molecule has 0 saturated carbocycles. The molecule has 4 heterocycles. The summed E-state index contributed by atoms with van der Waals surface area (Å²) >= 11 is 5.90. The molecular formula is C11H12ClN5O. The Bertz CT molecular complexity index is 600. The van der Waals surface area contributed by atoms with E-state index in [1.54, 1.807) is 6.33 Å². The SMILES string of the molecule is Clc1nc(NC2CC3CCC2O3)c2[nH]cnc2n1. The molecule has 3 unspecified atom stereocenters. The van der Waals surface area contributed by atoms with Gasteiger partial charge in [-0.05, 0) is 30.9 Å². The lowest BCUT2D eigenvalue weighted by molar-refractivity contribution is 0.102. The molecular weight excluding hydrogens is 254 g/mol. The van der Waals surface area contributed by atoms with Crippen LogP contribution in [0.3, 0.4) is 0 Å². The van der Waals surface area contributed by atoms with Gasteiger partial charge in [0.1, 0.15) is 5.52 Å². The van der Waals surface area contributed by atoms with Crippen molar-refractivity contribution in [3.8, 4) is 0 Å². The number of anilines is 1. The number of nitrogens with one attached hydrogen (secondary N) is 2. The van der Waals surface area contributed by atoms with Crippen molar-refractivity contribution in [2.75, 3.05) is 5.32 Å². The molecule has 0 aromatic carbocycles. The minimum absolute atomic E-state index is 0.209. The second-order valence-corrected chi connectivity index (χ2v) is 5.14. The van der Waals surface area contributed by atoms with E-state index < -0.39 is 0 Å². The molecule has 2 N–H and O–H groups in total. The van der Waals surface area contributed by atoms with Gasteiger partial charge in [-0.1, -0.05) is 0 Å². The van der Waals surface area contributed by atoms with Gasteiger partial charge in [0.2, 0.25) is 5.28 Å². The van der Waals surface area contributed by atoms with Gasteiger partial charge < -0.3 is 15.0 Å². The van der Waals surface area contributed by atoms with Gasteiger partial charge >= 0.3 is 0 Å². The normalized spacial score (nSPS) is 30.2. The Labute approximate surface area is 108 Å². The maximum atomic E-state index is 5.90. The van der Waals surface area contributed by atoms with Gasteiger partial charge in [0, 0.05) is 0 Å². The summed E-state index contributed by atoms with van der Waals surface area (Å²) in [5, 5.41) is 3.62. The predicted molar refractivity (Wildman–Crippen MR) is 66.6 cm³/mol. The molecule has 0 radical (unpaired) electrons. The second kappa shape index (κ2) is 3.80. The van der Waals surface area contributed by atoms with Gasteiger partial charge in [0.15, 0.2) is 11.5 Å². The van der Waals surface area contributed by atoms with E-state index in [2.05, 4.69) is 25.3 Å². The van der Waals surface area contributed by atoms with Crippen LogP contribution in [0.15, 0.2) is 6.33 Å². The monoisotopic (exact) mass is 265 g/mol. The number of hydrogen-bond acceptors (Lipinski definition) is 5. The Balaban J connectivity index is 1.68. The highest BCUT2D eigenvalue weighted by atomic mass is 35.5. The molecule has 7 heteroatoms. The number of aromatic amines is 1. The third-order valence-corrected chi connectivity index (χ3v) is 3.86. The minimum Gasteiger partial charge on any atom is -0.373 e. The molecule has 4 rings (SSSR count). The average Bonchev–Trinajstić information content (AvgIpc) is 3.02. The van der Waals surface area contributed by atoms with Gasteiger partial charge in [-0.15, -0.1) is 0 Å². The van der Waals surface area contributed by atoms with E-state index in [9.17, 15) is 0 Å². The summed E-state index contributed by atoms with van der Waals surface area (Å²) < 4.78 is 5.82. The highest BCUT2D eigenvalue weighted by Gasteiger charge is 2.41. The van der Waals surface area contributed by atoms with Gasteiger partial charge in [-0.2, -0.15) is 9.97 Å². The van der Waals surface area contributed by atoms with Crippen molar-refractivity contribution in [1.29, 1.82) is 0 Å². The fourth-order valence-electron chi connectivity index (χ4n) is 2.88. The highest BCUT2D eigenvalue weighted by molar-refractivity contribution is 6.28. The molecule has 2 aliphatic heterocycles. The molecule has 18 heavy (non-hydrogen) atoms. The van der Waals surface area contributed by atoms with Crippen molar-refractivity contribution in [2.45, 2.75) is 37.5 Å². The summed E-state index contributed by atoms with van der Waals surface area (Å²) in [4.78, 5) is 15.4. The molecule has 6 nitrogen and oxygen atoms in total. The Kier molecular flexibility index (Phi) is 2.22. The first-order chi connectivity index (χ1) is 8.79. The first kappa shape index (κ1) is 10.5. The maximum absolute atomic E-state index is 5.90. The Morgan fingerprint density at radius 3 is 3.11 bits per heavy atom. The Morgan fingerprint density at radius 2 is 2.33 bits per heavy atom. The summed E-state index contributed by atoms with van der Waals surface area (Å²) in [6.07, 6.45) is 5.61. The van der Waals surface area contributed by atoms with Gasteiger partial charge in [0.25, 0.3) is 0 Å². The van der Waals surface area contributed by atoms with Gasteiger partial charge in [0.05, 0.1) is 24.6 Å². The van der Waals surface area contributed by atoms with Crippen LogP contribution in [0.25, 0.3) is 11.2 Å². The van der Waals surface area contributed by atoms with E-state index in [1.165, 1.54) is 6.42 Å². The zero-order valence-electron chi connectivity index (χ0n) is 9.56. The molecule has 0 spiro atoms. The molecule has 2 aromatic heterocycles. The summed E-state index contributed by atoms with van der Waals surface area (Å²) in [5.74, 6) is 0.712. The lowest BCUT2D eigenvalue weighted by Gasteiger charge is -2.20. The van der Waals surface area contributed by atoms with Crippen molar-refractivity contribution >= 4 is 28.6 Å². The summed E-state index contributed by atoms with van der Waals surface area (Å²) in [6, 6.07) is 0.307. The van der Waals surface area contributed by atoms with Crippen molar-refractivity contribution in [1.82, 2.24) is 19.9 Å². The zero-order chi connectivity index (χ0) is 12.1. The topological polar surface area (TPSA) is 75.7 Å². The molecule has 3 atom stereocenters. The number of ether oxygens (including phenoxy) is 1. The standard InChI is InChI=1S/C11H12ClN5O/c12-11-16-9-8(13-4-14-9)10(17-11)15-6-3-5-1-2-7(6)18-5/h4-7H,1-3H2,(H2,13,14,15,16,17). The fraction of sp³-hybridized carbons (Fsp3) is 0.545. The van der Waals surface area contributed by atoms with Crippen LogP contribution >= 0.6 is 11.6 Å². The van der Waals surface area contributed by atoms with Gasteiger partial charge in [-0.3, -0.25) is 0 Å². The minimum atomic E-state index is 0.209. The molecule has 2 saturated heterocycles. The van der Waals surface area contributed by atoms with E-state index in [0.717, 1.165) is 18.4 Å². The van der Waals surface area contributed by atoms with Crippen LogP contribution in [-0.2, 0) is 4.74 Å². The van der Waals surface area contributed by atoms with Crippen LogP contribution in [-0.4, -0.2) is 38.2 Å². The van der Waals surface area contributed by atoms with Crippen molar-refractivity contribution < 1.29 is 4.74 Å². The van der Waals surface area contributed by atoms with Crippen LogP contribution in [0.5, 0.6) is 0 Å². The van der Waals surface area contributed by atoms with Crippen LogP contribution in [0.4, 0.5) is 5.82 Å². The fourth-order valence-corrected chi connectivity index (χ4v) is 3.04. The van der Waals surface area contributed by atoms with Crippen LogP contribution in [0.2, 0.25) is 5.28 Å². The van der Waals surface area contributed by atoms with Crippen molar-refractivity contribution in [3.63, 3.8) is 0 Å². The smallest absolute Gasteiger partial charge is 0.226 e. The van der Waals surface area contributed by atoms with Crippen LogP contribution < -0.4 is 5.32 Å². The lowest BCUT2D eigenvalue weighted by atomic mass is 9.95. The molecule has 0 aliphatic carbocycles. The number of nitrogens with zero attached hydrogens (tertiary/aromatic N) is 3. The van der Waals surface area contributed by atoms with Crippen molar-refractivity contribution in [3.05, 3.63) is 11.6 Å². The van der Waals surface area contributed by atoms with E-state index >= 15 is 0 Å². The molecule has 2 bridgehead atoms. The number of imidazole rings is 1. The largest absolute Gasteiger partial charge is 0.373 e. The summed E-state index contributed by atoms with van der Waals surface area (Å²) in [5.41, 5.74) is 1.38.